The number of nitrogens with one attached hydrogen (secondary N) is 2. The average Bonchev–Trinajstić information content (AvgIpc) is 2.69. The van der Waals surface area contributed by atoms with Crippen molar-refractivity contribution in [3.05, 3.63) is 21.3 Å². The fourth-order valence-electron chi connectivity index (χ4n) is 2.07. The Morgan fingerprint density at radius 3 is 2.78 bits per heavy atom. The first kappa shape index (κ1) is 13.8. The molecule has 2 atom stereocenters. The van der Waals surface area contributed by atoms with Gasteiger partial charge in [0.05, 0.1) is 10.4 Å². The summed E-state index contributed by atoms with van der Waals surface area (Å²) in [5.41, 5.74) is 0. The first-order chi connectivity index (χ1) is 8.61. The Morgan fingerprint density at radius 1 is 1.61 bits per heavy atom. The van der Waals surface area contributed by atoms with Gasteiger partial charge in [-0.25, -0.2) is 0 Å². The molecule has 0 aromatic carbocycles. The van der Waals surface area contributed by atoms with Crippen molar-refractivity contribution in [2.75, 3.05) is 13.1 Å². The lowest BCUT2D eigenvalue weighted by Crippen LogP contribution is -2.49. The predicted molar refractivity (Wildman–Crippen MR) is 76.0 cm³/mol. The summed E-state index contributed by atoms with van der Waals surface area (Å²) >= 11 is 7.48. The van der Waals surface area contributed by atoms with Crippen LogP contribution < -0.4 is 10.6 Å². The molecule has 18 heavy (non-hydrogen) atoms. The van der Waals surface area contributed by atoms with E-state index in [9.17, 15) is 4.79 Å². The SMILES string of the molecule is CCC(NC(=O)C(C)C1CNC1)c1ccc(Cl)s1. The third-order valence-electron chi connectivity index (χ3n) is 3.60. The van der Waals surface area contributed by atoms with E-state index in [0.717, 1.165) is 28.7 Å². The summed E-state index contributed by atoms with van der Waals surface area (Å²) in [7, 11) is 0. The van der Waals surface area contributed by atoms with Gasteiger partial charge in [0.1, 0.15) is 0 Å². The molecule has 1 aliphatic rings. The second-order valence-corrected chi connectivity index (χ2v) is 6.56. The molecule has 0 saturated carbocycles. The minimum Gasteiger partial charge on any atom is -0.348 e. The number of amides is 1. The van der Waals surface area contributed by atoms with Gasteiger partial charge in [-0.3, -0.25) is 4.79 Å². The predicted octanol–water partition coefficient (Wildman–Crippen LogP) is 2.82. The monoisotopic (exact) mass is 286 g/mol. The molecular weight excluding hydrogens is 268 g/mol. The van der Waals surface area contributed by atoms with Crippen molar-refractivity contribution in [1.29, 1.82) is 0 Å². The Hall–Kier alpha value is -0.580. The number of hydrogen-bond acceptors (Lipinski definition) is 3. The maximum atomic E-state index is 12.2. The first-order valence-corrected chi connectivity index (χ1v) is 7.57. The molecule has 2 unspecified atom stereocenters. The van der Waals surface area contributed by atoms with Crippen molar-refractivity contribution in [2.24, 2.45) is 11.8 Å². The summed E-state index contributed by atoms with van der Waals surface area (Å²) in [5.74, 6) is 0.711. The van der Waals surface area contributed by atoms with E-state index in [-0.39, 0.29) is 17.9 Å². The molecule has 1 fully saturated rings. The smallest absolute Gasteiger partial charge is 0.223 e. The molecular formula is C13H19ClN2OS. The lowest BCUT2D eigenvalue weighted by atomic mass is 9.88. The highest BCUT2D eigenvalue weighted by Gasteiger charge is 2.29. The summed E-state index contributed by atoms with van der Waals surface area (Å²) in [6.07, 6.45) is 0.887. The molecule has 0 aliphatic carbocycles. The van der Waals surface area contributed by atoms with Crippen LogP contribution in [0.5, 0.6) is 0 Å². The highest BCUT2D eigenvalue weighted by Crippen LogP contribution is 2.29. The molecule has 0 spiro atoms. The molecule has 1 aromatic rings. The highest BCUT2D eigenvalue weighted by molar-refractivity contribution is 7.16. The normalized spacial score (nSPS) is 19.1. The van der Waals surface area contributed by atoms with E-state index in [0.29, 0.717) is 5.92 Å². The molecule has 1 saturated heterocycles. The zero-order chi connectivity index (χ0) is 13.1. The van der Waals surface area contributed by atoms with Gasteiger partial charge in [0.2, 0.25) is 5.91 Å². The molecule has 2 rings (SSSR count). The first-order valence-electron chi connectivity index (χ1n) is 6.38. The van der Waals surface area contributed by atoms with Crippen LogP contribution in [-0.4, -0.2) is 19.0 Å². The van der Waals surface area contributed by atoms with E-state index < -0.39 is 0 Å². The zero-order valence-electron chi connectivity index (χ0n) is 10.7. The van der Waals surface area contributed by atoms with Crippen LogP contribution in [0.2, 0.25) is 4.34 Å². The Kier molecular flexibility index (Phi) is 4.65. The molecule has 0 radical (unpaired) electrons. The molecule has 100 valence electrons. The van der Waals surface area contributed by atoms with Crippen LogP contribution in [0.25, 0.3) is 0 Å². The Bertz CT molecular complexity index is 417. The van der Waals surface area contributed by atoms with E-state index in [1.54, 1.807) is 11.3 Å². The van der Waals surface area contributed by atoms with E-state index in [2.05, 4.69) is 17.6 Å². The van der Waals surface area contributed by atoms with Crippen molar-refractivity contribution < 1.29 is 4.79 Å². The molecule has 2 N–H and O–H groups in total. The van der Waals surface area contributed by atoms with Gasteiger partial charge in [0, 0.05) is 10.8 Å². The number of thiophene rings is 1. The van der Waals surface area contributed by atoms with Gasteiger partial charge in [-0.1, -0.05) is 25.4 Å². The largest absolute Gasteiger partial charge is 0.348 e. The fourth-order valence-corrected chi connectivity index (χ4v) is 3.27. The van der Waals surface area contributed by atoms with Gasteiger partial charge in [0.15, 0.2) is 0 Å². The third kappa shape index (κ3) is 3.05. The summed E-state index contributed by atoms with van der Waals surface area (Å²) in [4.78, 5) is 13.3. The second kappa shape index (κ2) is 6.04. The third-order valence-corrected chi connectivity index (χ3v) is 4.94. The molecule has 1 aliphatic heterocycles. The molecule has 5 heteroatoms. The minimum atomic E-state index is 0.0794. The lowest BCUT2D eigenvalue weighted by molar-refractivity contribution is -0.127. The zero-order valence-corrected chi connectivity index (χ0v) is 12.3. The van der Waals surface area contributed by atoms with E-state index in [1.807, 2.05) is 19.1 Å². The maximum Gasteiger partial charge on any atom is 0.223 e. The van der Waals surface area contributed by atoms with Crippen molar-refractivity contribution in [2.45, 2.75) is 26.3 Å². The molecule has 2 heterocycles. The van der Waals surface area contributed by atoms with E-state index >= 15 is 0 Å². The standard InChI is InChI=1S/C13H19ClN2OS/c1-3-10(11-4-5-12(14)18-11)16-13(17)8(2)9-6-15-7-9/h4-5,8-10,15H,3,6-7H2,1-2H3,(H,16,17). The number of rotatable bonds is 5. The van der Waals surface area contributed by atoms with Gasteiger partial charge < -0.3 is 10.6 Å². The highest BCUT2D eigenvalue weighted by atomic mass is 35.5. The second-order valence-electron chi connectivity index (χ2n) is 4.82. The van der Waals surface area contributed by atoms with E-state index in [1.165, 1.54) is 0 Å². The summed E-state index contributed by atoms with van der Waals surface area (Å²) in [6.45, 7) is 6.00. The number of halogens is 1. The molecule has 3 nitrogen and oxygen atoms in total. The van der Waals surface area contributed by atoms with Gasteiger partial charge >= 0.3 is 0 Å². The van der Waals surface area contributed by atoms with Gasteiger partial charge in [-0.2, -0.15) is 0 Å². The van der Waals surface area contributed by atoms with Gasteiger partial charge in [0.25, 0.3) is 0 Å². The van der Waals surface area contributed by atoms with Gasteiger partial charge in [-0.15, -0.1) is 11.3 Å². The number of carbonyl (C=O) groups is 1. The van der Waals surface area contributed by atoms with Crippen LogP contribution >= 0.6 is 22.9 Å². The quantitative estimate of drug-likeness (QED) is 0.874. The van der Waals surface area contributed by atoms with Crippen molar-refractivity contribution in [3.63, 3.8) is 0 Å². The lowest BCUT2D eigenvalue weighted by Gasteiger charge is -2.32. The summed E-state index contributed by atoms with van der Waals surface area (Å²) in [6, 6.07) is 3.97. The van der Waals surface area contributed by atoms with Crippen LogP contribution in [0.4, 0.5) is 0 Å². The molecule has 1 amide bonds. The minimum absolute atomic E-state index is 0.0794. The van der Waals surface area contributed by atoms with Crippen LogP contribution in [0.3, 0.4) is 0 Å². The number of carbonyl (C=O) groups excluding carboxylic acids is 1. The van der Waals surface area contributed by atoms with Crippen LogP contribution in [-0.2, 0) is 4.79 Å². The van der Waals surface area contributed by atoms with Crippen LogP contribution in [0, 0.1) is 11.8 Å². The average molecular weight is 287 g/mol. The molecule has 1 aromatic heterocycles. The number of hydrogen-bond donors (Lipinski definition) is 2. The summed E-state index contributed by atoms with van der Waals surface area (Å²) in [5, 5.41) is 6.33. The topological polar surface area (TPSA) is 41.1 Å². The van der Waals surface area contributed by atoms with Crippen LogP contribution in [0.15, 0.2) is 12.1 Å². The van der Waals surface area contributed by atoms with Crippen molar-refractivity contribution >= 4 is 28.8 Å². The fraction of sp³-hybridized carbons (Fsp3) is 0.615. The Morgan fingerprint density at radius 2 is 2.33 bits per heavy atom. The maximum absolute atomic E-state index is 12.2. The Balaban J connectivity index is 1.95. The Labute approximate surface area is 117 Å². The molecule has 0 bridgehead atoms. The van der Waals surface area contributed by atoms with Crippen molar-refractivity contribution in [3.8, 4) is 0 Å². The van der Waals surface area contributed by atoms with Gasteiger partial charge in [-0.05, 0) is 37.6 Å². The van der Waals surface area contributed by atoms with E-state index in [4.69, 9.17) is 11.6 Å². The van der Waals surface area contributed by atoms with Crippen molar-refractivity contribution in [1.82, 2.24) is 10.6 Å². The summed E-state index contributed by atoms with van der Waals surface area (Å²) < 4.78 is 0.772. The van der Waals surface area contributed by atoms with Crippen LogP contribution in [0.1, 0.15) is 31.2 Å².